The topological polar surface area (TPSA) is 97.5 Å². The molecule has 0 spiro atoms. The largest absolute Gasteiger partial charge is 0.435 e. The minimum absolute atomic E-state index is 0.0388. The molecule has 0 N–H and O–H groups in total. The van der Waals surface area contributed by atoms with Gasteiger partial charge >= 0.3 is 6.18 Å². The Balaban J connectivity index is 2.24. The summed E-state index contributed by atoms with van der Waals surface area (Å²) >= 11 is 0. The number of anilines is 1. The molecule has 12 heteroatoms. The second kappa shape index (κ2) is 7.10. The number of carbonyl (C=O) groups excluding carboxylic acids is 1. The van der Waals surface area contributed by atoms with E-state index in [9.17, 15) is 26.4 Å². The van der Waals surface area contributed by atoms with Crippen molar-refractivity contribution < 1.29 is 26.4 Å². The molecule has 1 amide bonds. The average molecular weight is 427 g/mol. The zero-order valence-corrected chi connectivity index (χ0v) is 16.4. The van der Waals surface area contributed by atoms with Crippen LogP contribution in [0.15, 0.2) is 35.4 Å². The van der Waals surface area contributed by atoms with Gasteiger partial charge in [0.25, 0.3) is 0 Å². The predicted octanol–water partition coefficient (Wildman–Crippen LogP) is 2.59. The lowest BCUT2D eigenvalue weighted by molar-refractivity contribution is -0.141. The molecule has 0 saturated carbocycles. The van der Waals surface area contributed by atoms with E-state index in [0.717, 1.165) is 10.6 Å². The van der Waals surface area contributed by atoms with Crippen molar-refractivity contribution in [2.24, 2.45) is 0 Å². The van der Waals surface area contributed by atoms with Crippen molar-refractivity contribution in [3.63, 3.8) is 0 Å². The fourth-order valence-electron chi connectivity index (χ4n) is 2.52. The van der Waals surface area contributed by atoms with E-state index in [4.69, 9.17) is 0 Å². The Morgan fingerprint density at radius 2 is 1.90 bits per heavy atom. The molecule has 0 aliphatic rings. The van der Waals surface area contributed by atoms with E-state index in [1.807, 2.05) is 0 Å². The Morgan fingerprint density at radius 1 is 1.21 bits per heavy atom. The summed E-state index contributed by atoms with van der Waals surface area (Å²) in [5, 5.41) is 3.41. The molecule has 0 fully saturated rings. The summed E-state index contributed by atoms with van der Waals surface area (Å²) in [7, 11) is -2.26. The SMILES string of the molecule is CCS(=O)(=O)c1ccc(N(C)C(C)=O)nc1-c1ccn2nc(C(F)(F)F)cc2n1. The van der Waals surface area contributed by atoms with Gasteiger partial charge in [-0.2, -0.15) is 18.3 Å². The number of alkyl halides is 3. The second-order valence-corrected chi connectivity index (χ2v) is 8.39. The molecular weight excluding hydrogens is 411 g/mol. The minimum atomic E-state index is -4.65. The number of aromatic nitrogens is 4. The van der Waals surface area contributed by atoms with Gasteiger partial charge in [-0.25, -0.2) is 22.9 Å². The molecule has 3 heterocycles. The van der Waals surface area contributed by atoms with Gasteiger partial charge in [-0.05, 0) is 18.2 Å². The first-order valence-electron chi connectivity index (χ1n) is 8.36. The number of fused-ring (bicyclic) bond motifs is 1. The number of hydrogen-bond acceptors (Lipinski definition) is 6. The maximum absolute atomic E-state index is 12.9. The average Bonchev–Trinajstić information content (AvgIpc) is 3.10. The van der Waals surface area contributed by atoms with E-state index in [1.54, 1.807) is 0 Å². The molecule has 0 radical (unpaired) electrons. The zero-order chi connectivity index (χ0) is 21.6. The Morgan fingerprint density at radius 3 is 2.48 bits per heavy atom. The molecule has 0 saturated heterocycles. The number of amides is 1. The van der Waals surface area contributed by atoms with Gasteiger partial charge in [-0.15, -0.1) is 0 Å². The van der Waals surface area contributed by atoms with E-state index in [-0.39, 0.29) is 39.4 Å². The van der Waals surface area contributed by atoms with Gasteiger partial charge in [0.15, 0.2) is 21.2 Å². The zero-order valence-electron chi connectivity index (χ0n) is 15.6. The van der Waals surface area contributed by atoms with E-state index < -0.39 is 21.7 Å². The van der Waals surface area contributed by atoms with E-state index in [2.05, 4.69) is 15.1 Å². The number of carbonyl (C=O) groups is 1. The molecule has 0 aliphatic carbocycles. The number of hydrogen-bond donors (Lipinski definition) is 0. The number of nitrogens with zero attached hydrogens (tertiary/aromatic N) is 5. The highest BCUT2D eigenvalue weighted by atomic mass is 32.2. The Bertz CT molecular complexity index is 1200. The van der Waals surface area contributed by atoms with Crippen LogP contribution < -0.4 is 4.90 Å². The normalized spacial score (nSPS) is 12.3. The monoisotopic (exact) mass is 427 g/mol. The highest BCUT2D eigenvalue weighted by Gasteiger charge is 2.34. The summed E-state index contributed by atoms with van der Waals surface area (Å²) in [6.07, 6.45) is -3.41. The molecule has 0 aliphatic heterocycles. The summed E-state index contributed by atoms with van der Waals surface area (Å²) in [4.78, 5) is 21.1. The third-order valence-electron chi connectivity index (χ3n) is 4.23. The summed E-state index contributed by atoms with van der Waals surface area (Å²) in [5.74, 6) is -0.367. The molecule has 3 rings (SSSR count). The van der Waals surface area contributed by atoms with Crippen molar-refractivity contribution in [1.82, 2.24) is 19.6 Å². The van der Waals surface area contributed by atoms with Crippen molar-refractivity contribution in [2.45, 2.75) is 24.9 Å². The molecule has 8 nitrogen and oxygen atoms in total. The highest BCUT2D eigenvalue weighted by Crippen LogP contribution is 2.31. The van der Waals surface area contributed by atoms with Gasteiger partial charge in [0, 0.05) is 26.2 Å². The molecule has 0 bridgehead atoms. The number of halogens is 3. The Kier molecular flexibility index (Phi) is 5.07. The fraction of sp³-hybridized carbons (Fsp3) is 0.294. The number of rotatable bonds is 4. The van der Waals surface area contributed by atoms with Crippen LogP contribution in [-0.4, -0.2) is 46.7 Å². The standard InChI is InChI=1S/C17H16F3N5O3S/c1-4-29(27,28)12-5-6-14(24(3)10(2)26)22-16(12)11-7-8-25-15(21-11)9-13(23-25)17(18,19)20/h5-9H,4H2,1-3H3. The van der Waals surface area contributed by atoms with Gasteiger partial charge in [-0.3, -0.25) is 4.79 Å². The Hall–Kier alpha value is -3.02. The molecular formula is C17H16F3N5O3S. The van der Waals surface area contributed by atoms with Gasteiger partial charge in [0.1, 0.15) is 11.5 Å². The third-order valence-corrected chi connectivity index (χ3v) is 5.99. The number of pyridine rings is 1. The lowest BCUT2D eigenvalue weighted by Gasteiger charge is -2.16. The van der Waals surface area contributed by atoms with Crippen LogP contribution in [0.3, 0.4) is 0 Å². The van der Waals surface area contributed by atoms with E-state index >= 15 is 0 Å². The molecule has 29 heavy (non-hydrogen) atoms. The van der Waals surface area contributed by atoms with Gasteiger partial charge in [0.05, 0.1) is 16.3 Å². The third kappa shape index (κ3) is 3.92. The van der Waals surface area contributed by atoms with Gasteiger partial charge in [-0.1, -0.05) is 6.92 Å². The van der Waals surface area contributed by atoms with Crippen molar-refractivity contribution in [3.8, 4) is 11.4 Å². The maximum Gasteiger partial charge on any atom is 0.435 e. The van der Waals surface area contributed by atoms with Crippen molar-refractivity contribution in [1.29, 1.82) is 0 Å². The van der Waals surface area contributed by atoms with Crippen LogP contribution in [0.5, 0.6) is 0 Å². The minimum Gasteiger partial charge on any atom is -0.300 e. The van der Waals surface area contributed by atoms with Crippen LogP contribution in [0.2, 0.25) is 0 Å². The Labute approximate surface area is 163 Å². The second-order valence-electron chi connectivity index (χ2n) is 6.14. The summed E-state index contributed by atoms with van der Waals surface area (Å²) < 4.78 is 64.6. The lowest BCUT2D eigenvalue weighted by atomic mass is 10.2. The molecule has 0 unspecified atom stereocenters. The van der Waals surface area contributed by atoms with Crippen molar-refractivity contribution >= 4 is 27.2 Å². The van der Waals surface area contributed by atoms with Crippen LogP contribution in [0.4, 0.5) is 19.0 Å². The maximum atomic E-state index is 12.9. The number of sulfone groups is 1. The lowest BCUT2D eigenvalue weighted by Crippen LogP contribution is -2.24. The van der Waals surface area contributed by atoms with E-state index in [0.29, 0.717) is 0 Å². The smallest absolute Gasteiger partial charge is 0.300 e. The molecule has 3 aromatic heterocycles. The fourth-order valence-corrected chi connectivity index (χ4v) is 3.56. The van der Waals surface area contributed by atoms with Crippen LogP contribution in [0.25, 0.3) is 17.0 Å². The summed E-state index contributed by atoms with van der Waals surface area (Å²) in [5.41, 5.74) is -1.27. The van der Waals surface area contributed by atoms with Crippen molar-refractivity contribution in [3.05, 3.63) is 36.2 Å². The first kappa shape index (κ1) is 20.7. The van der Waals surface area contributed by atoms with Crippen LogP contribution in [-0.2, 0) is 20.8 Å². The first-order chi connectivity index (χ1) is 13.4. The predicted molar refractivity (Wildman–Crippen MR) is 98.0 cm³/mol. The van der Waals surface area contributed by atoms with Crippen molar-refractivity contribution in [2.75, 3.05) is 17.7 Å². The summed E-state index contributed by atoms with van der Waals surface area (Å²) in [6, 6.07) is 4.75. The highest BCUT2D eigenvalue weighted by molar-refractivity contribution is 7.91. The van der Waals surface area contributed by atoms with Crippen LogP contribution >= 0.6 is 0 Å². The molecule has 3 aromatic rings. The molecule has 0 atom stereocenters. The quantitative estimate of drug-likeness (QED) is 0.635. The molecule has 154 valence electrons. The van der Waals surface area contributed by atoms with E-state index in [1.165, 1.54) is 50.2 Å². The van der Waals surface area contributed by atoms with Gasteiger partial charge in [0.2, 0.25) is 5.91 Å². The van der Waals surface area contributed by atoms with Crippen LogP contribution in [0, 0.1) is 0 Å². The molecule has 0 aromatic carbocycles. The van der Waals surface area contributed by atoms with Crippen LogP contribution in [0.1, 0.15) is 19.5 Å². The van der Waals surface area contributed by atoms with Gasteiger partial charge < -0.3 is 4.90 Å². The first-order valence-corrected chi connectivity index (χ1v) is 10.0. The summed E-state index contributed by atoms with van der Waals surface area (Å²) in [6.45, 7) is 2.77.